The fourth-order valence-corrected chi connectivity index (χ4v) is 2.12. The van der Waals surface area contributed by atoms with Crippen LogP contribution in [0.1, 0.15) is 18.2 Å². The molecule has 2 N–H and O–H groups in total. The van der Waals surface area contributed by atoms with Gasteiger partial charge in [0.15, 0.2) is 0 Å². The molecule has 1 aromatic carbocycles. The monoisotopic (exact) mass is 345 g/mol. The van der Waals surface area contributed by atoms with Gasteiger partial charge in [-0.15, -0.1) is 10.2 Å². The average molecular weight is 347 g/mol. The summed E-state index contributed by atoms with van der Waals surface area (Å²) in [7, 11) is 0. The number of aromatic amines is 1. The fraction of sp³-hybridized carbons (Fsp3) is 0.167. The standard InChI is InChI=1S/C12H10Cl3N5O/c1-5(7-3-4-8(13)10(15)9(7)14)17-19-12-16-11(21)6(2)18-20-12/h3-4H,1-2H3,(H2,16,19,20,21)/b17-5+. The zero-order chi connectivity index (χ0) is 15.6. The topological polar surface area (TPSA) is 83.0 Å². The molecule has 0 radical (unpaired) electrons. The molecule has 0 aliphatic rings. The highest BCUT2D eigenvalue weighted by atomic mass is 35.5. The van der Waals surface area contributed by atoms with E-state index in [4.69, 9.17) is 34.8 Å². The number of nitrogens with zero attached hydrogens (tertiary/aromatic N) is 3. The normalized spacial score (nSPS) is 11.6. The average Bonchev–Trinajstić information content (AvgIpc) is 2.46. The SMILES string of the molecule is C/C(=N\Nc1nnc(C)c(=O)[nH]1)c1ccc(Cl)c(Cl)c1Cl. The van der Waals surface area contributed by atoms with E-state index in [2.05, 4.69) is 25.7 Å². The van der Waals surface area contributed by atoms with E-state index >= 15 is 0 Å². The molecule has 1 heterocycles. The van der Waals surface area contributed by atoms with Crippen LogP contribution in [0.2, 0.25) is 15.1 Å². The number of benzene rings is 1. The van der Waals surface area contributed by atoms with Crippen LogP contribution >= 0.6 is 34.8 Å². The van der Waals surface area contributed by atoms with Gasteiger partial charge < -0.3 is 0 Å². The van der Waals surface area contributed by atoms with Crippen molar-refractivity contribution in [2.24, 2.45) is 5.10 Å². The van der Waals surface area contributed by atoms with Gasteiger partial charge >= 0.3 is 0 Å². The van der Waals surface area contributed by atoms with Gasteiger partial charge in [-0.3, -0.25) is 9.78 Å². The maximum absolute atomic E-state index is 11.4. The molecular formula is C12H10Cl3N5O. The molecule has 6 nitrogen and oxygen atoms in total. The lowest BCUT2D eigenvalue weighted by atomic mass is 10.1. The van der Waals surface area contributed by atoms with E-state index in [-0.39, 0.29) is 22.2 Å². The predicted octanol–water partition coefficient (Wildman–Crippen LogP) is 3.27. The minimum atomic E-state index is -0.340. The number of halogens is 3. The second kappa shape index (κ2) is 6.43. The van der Waals surface area contributed by atoms with E-state index in [1.54, 1.807) is 26.0 Å². The number of hydrogen-bond acceptors (Lipinski definition) is 5. The van der Waals surface area contributed by atoms with E-state index < -0.39 is 0 Å². The Bertz CT molecular complexity index is 772. The Morgan fingerprint density at radius 2 is 1.95 bits per heavy atom. The van der Waals surface area contributed by atoms with Gasteiger partial charge in [-0.2, -0.15) is 5.10 Å². The van der Waals surface area contributed by atoms with Crippen molar-refractivity contribution in [1.29, 1.82) is 0 Å². The predicted molar refractivity (Wildman–Crippen MR) is 84.7 cm³/mol. The van der Waals surface area contributed by atoms with E-state index in [9.17, 15) is 4.79 Å². The quantitative estimate of drug-likeness (QED) is 0.507. The molecule has 0 spiro atoms. The van der Waals surface area contributed by atoms with E-state index in [0.29, 0.717) is 21.3 Å². The van der Waals surface area contributed by atoms with Gasteiger partial charge in [0.1, 0.15) is 5.69 Å². The number of hydrazone groups is 1. The second-order valence-corrected chi connectivity index (χ2v) is 5.28. The molecule has 0 atom stereocenters. The maximum Gasteiger partial charge on any atom is 0.274 e. The molecule has 0 unspecified atom stereocenters. The fourth-order valence-electron chi connectivity index (χ4n) is 1.45. The Morgan fingerprint density at radius 1 is 1.24 bits per heavy atom. The highest BCUT2D eigenvalue weighted by Gasteiger charge is 2.11. The largest absolute Gasteiger partial charge is 0.288 e. The number of nitrogens with one attached hydrogen (secondary N) is 2. The van der Waals surface area contributed by atoms with E-state index in [1.165, 1.54) is 0 Å². The number of aryl methyl sites for hydroxylation is 1. The van der Waals surface area contributed by atoms with Crippen LogP contribution in [0.25, 0.3) is 0 Å². The molecule has 110 valence electrons. The molecule has 9 heteroatoms. The first-order chi connectivity index (χ1) is 9.90. The van der Waals surface area contributed by atoms with Crippen LogP contribution in [0, 0.1) is 6.92 Å². The van der Waals surface area contributed by atoms with Gasteiger partial charge in [-0.25, -0.2) is 5.43 Å². The van der Waals surface area contributed by atoms with Gasteiger partial charge in [-0.05, 0) is 19.9 Å². The molecule has 2 rings (SSSR count). The van der Waals surface area contributed by atoms with Crippen LogP contribution < -0.4 is 11.0 Å². The molecule has 2 aromatic rings. The smallest absolute Gasteiger partial charge is 0.274 e. The Hall–Kier alpha value is -1.63. The van der Waals surface area contributed by atoms with Crippen molar-refractivity contribution in [2.45, 2.75) is 13.8 Å². The van der Waals surface area contributed by atoms with Crippen LogP contribution in [0.4, 0.5) is 5.95 Å². The molecular weight excluding hydrogens is 337 g/mol. The number of hydrogen-bond donors (Lipinski definition) is 2. The van der Waals surface area contributed by atoms with E-state index in [1.807, 2.05) is 0 Å². The lowest BCUT2D eigenvalue weighted by Gasteiger charge is -2.07. The summed E-state index contributed by atoms with van der Waals surface area (Å²) < 4.78 is 0. The summed E-state index contributed by atoms with van der Waals surface area (Å²) in [6.45, 7) is 3.28. The molecule has 0 fully saturated rings. The van der Waals surface area contributed by atoms with Crippen LogP contribution in [0.15, 0.2) is 22.0 Å². The van der Waals surface area contributed by atoms with Crippen molar-refractivity contribution in [1.82, 2.24) is 15.2 Å². The van der Waals surface area contributed by atoms with Crippen LogP contribution in [-0.2, 0) is 0 Å². The minimum absolute atomic E-state index is 0.126. The number of H-pyrrole nitrogens is 1. The number of anilines is 1. The van der Waals surface area contributed by atoms with Crippen LogP contribution in [0.5, 0.6) is 0 Å². The molecule has 0 aliphatic carbocycles. The third kappa shape index (κ3) is 3.53. The van der Waals surface area contributed by atoms with Gasteiger partial charge in [0.05, 0.1) is 20.8 Å². The first-order valence-corrected chi connectivity index (χ1v) is 6.91. The molecule has 0 saturated heterocycles. The first-order valence-electron chi connectivity index (χ1n) is 5.78. The summed E-state index contributed by atoms with van der Waals surface area (Å²) in [5.74, 6) is 0.126. The molecule has 1 aromatic heterocycles. The summed E-state index contributed by atoms with van der Waals surface area (Å²) in [5.41, 5.74) is 3.68. The Kier molecular flexibility index (Phi) is 4.82. The zero-order valence-corrected chi connectivity index (χ0v) is 13.3. The van der Waals surface area contributed by atoms with Crippen LogP contribution in [0.3, 0.4) is 0 Å². The summed E-state index contributed by atoms with van der Waals surface area (Å²) >= 11 is 17.9. The Labute approximate surface area is 135 Å². The van der Waals surface area contributed by atoms with Crippen molar-refractivity contribution in [2.75, 3.05) is 5.43 Å². The highest BCUT2D eigenvalue weighted by Crippen LogP contribution is 2.32. The highest BCUT2D eigenvalue weighted by molar-refractivity contribution is 6.49. The van der Waals surface area contributed by atoms with Crippen LogP contribution in [-0.4, -0.2) is 20.9 Å². The van der Waals surface area contributed by atoms with Crippen molar-refractivity contribution in [3.05, 3.63) is 48.8 Å². The second-order valence-electron chi connectivity index (χ2n) is 4.12. The van der Waals surface area contributed by atoms with Gasteiger partial charge in [0, 0.05) is 5.56 Å². The first kappa shape index (κ1) is 15.8. The Morgan fingerprint density at radius 3 is 2.62 bits per heavy atom. The van der Waals surface area contributed by atoms with Gasteiger partial charge in [0.25, 0.3) is 5.56 Å². The summed E-state index contributed by atoms with van der Waals surface area (Å²) in [5, 5.41) is 12.4. The van der Waals surface area contributed by atoms with E-state index in [0.717, 1.165) is 0 Å². The molecule has 21 heavy (non-hydrogen) atoms. The van der Waals surface area contributed by atoms with Gasteiger partial charge in [-0.1, -0.05) is 40.9 Å². The lowest BCUT2D eigenvalue weighted by Crippen LogP contribution is -2.16. The molecule has 0 saturated carbocycles. The zero-order valence-electron chi connectivity index (χ0n) is 11.0. The summed E-state index contributed by atoms with van der Waals surface area (Å²) in [6.07, 6.45) is 0. The summed E-state index contributed by atoms with van der Waals surface area (Å²) in [6, 6.07) is 3.32. The molecule has 0 bridgehead atoms. The Balaban J connectivity index is 2.27. The summed E-state index contributed by atoms with van der Waals surface area (Å²) in [4.78, 5) is 13.9. The van der Waals surface area contributed by atoms with Crippen molar-refractivity contribution >= 4 is 46.5 Å². The number of aromatic nitrogens is 3. The third-order valence-electron chi connectivity index (χ3n) is 2.62. The molecule has 0 amide bonds. The third-order valence-corrected chi connectivity index (χ3v) is 3.91. The minimum Gasteiger partial charge on any atom is -0.288 e. The molecule has 0 aliphatic heterocycles. The van der Waals surface area contributed by atoms with Crippen molar-refractivity contribution in [3.8, 4) is 0 Å². The lowest BCUT2D eigenvalue weighted by molar-refractivity contribution is 0.897. The maximum atomic E-state index is 11.4. The van der Waals surface area contributed by atoms with Crippen molar-refractivity contribution < 1.29 is 0 Å². The van der Waals surface area contributed by atoms with Gasteiger partial charge in [0.2, 0.25) is 5.95 Å². The van der Waals surface area contributed by atoms with Crippen molar-refractivity contribution in [3.63, 3.8) is 0 Å². The number of rotatable bonds is 3.